The zero-order valence-electron chi connectivity index (χ0n) is 18.4. The van der Waals surface area contributed by atoms with E-state index in [1.165, 1.54) is 12.3 Å². The van der Waals surface area contributed by atoms with E-state index < -0.39 is 31.9 Å². The zero-order chi connectivity index (χ0) is 24.8. The monoisotopic (exact) mass is 513 g/mol. The lowest BCUT2D eigenvalue weighted by molar-refractivity contribution is 0.0949. The molecular weight excluding hydrogens is 493 g/mol. The minimum Gasteiger partial charge on any atom is -0.359 e. The molecule has 1 saturated carbocycles. The highest BCUT2D eigenvalue weighted by Crippen LogP contribution is 2.45. The van der Waals surface area contributed by atoms with Crippen molar-refractivity contribution in [2.24, 2.45) is 10.9 Å². The fourth-order valence-corrected chi connectivity index (χ4v) is 6.37. The molecule has 7 nitrogen and oxygen atoms in total. The summed E-state index contributed by atoms with van der Waals surface area (Å²) in [7, 11) is -4.21. The number of benzene rings is 2. The highest BCUT2D eigenvalue weighted by molar-refractivity contribution is 7.93. The van der Waals surface area contributed by atoms with E-state index in [2.05, 4.69) is 15.3 Å². The zero-order valence-corrected chi connectivity index (χ0v) is 20.0. The number of pyridine rings is 1. The van der Waals surface area contributed by atoms with E-state index in [0.29, 0.717) is 5.02 Å². The molecule has 3 aromatic rings. The second-order valence-electron chi connectivity index (χ2n) is 8.80. The van der Waals surface area contributed by atoms with Crippen molar-refractivity contribution in [3.63, 3.8) is 0 Å². The van der Waals surface area contributed by atoms with Gasteiger partial charge in [0, 0.05) is 24.0 Å². The molecule has 1 amide bonds. The van der Waals surface area contributed by atoms with Crippen molar-refractivity contribution in [3.8, 4) is 0 Å². The number of halogens is 2. The van der Waals surface area contributed by atoms with Crippen LogP contribution in [0.15, 0.2) is 69.4 Å². The molecule has 2 aromatic carbocycles. The van der Waals surface area contributed by atoms with E-state index in [1.54, 1.807) is 30.3 Å². The molecule has 1 aliphatic heterocycles. The normalized spacial score (nSPS) is 19.4. The van der Waals surface area contributed by atoms with Gasteiger partial charge in [0.15, 0.2) is 4.87 Å². The maximum absolute atomic E-state index is 14.6. The number of nitrogens with one attached hydrogen (secondary N) is 2. The first-order chi connectivity index (χ1) is 16.7. The number of carbonyl (C=O) groups is 1. The average molecular weight is 514 g/mol. The van der Waals surface area contributed by atoms with E-state index in [4.69, 9.17) is 11.6 Å². The van der Waals surface area contributed by atoms with Gasteiger partial charge in [-0.15, -0.1) is 0 Å². The number of nitrogens with zero attached hydrogens (tertiary/aromatic N) is 1. The number of rotatable bonds is 7. The van der Waals surface area contributed by atoms with Gasteiger partial charge in [0.1, 0.15) is 11.4 Å². The quantitative estimate of drug-likeness (QED) is 0.494. The number of hydrogen-bond donors (Lipinski definition) is 2. The molecule has 0 radical (unpaired) electrons. The first-order valence-electron chi connectivity index (χ1n) is 11.1. The Morgan fingerprint density at radius 3 is 2.63 bits per heavy atom. The summed E-state index contributed by atoms with van der Waals surface area (Å²) >= 11 is 5.86. The highest BCUT2D eigenvalue weighted by Gasteiger charge is 2.48. The van der Waals surface area contributed by atoms with Crippen LogP contribution >= 0.6 is 11.6 Å². The van der Waals surface area contributed by atoms with Crippen LogP contribution in [0.3, 0.4) is 0 Å². The van der Waals surface area contributed by atoms with Crippen molar-refractivity contribution in [1.29, 1.82) is 0 Å². The van der Waals surface area contributed by atoms with Crippen molar-refractivity contribution >= 4 is 44.5 Å². The predicted molar refractivity (Wildman–Crippen MR) is 132 cm³/mol. The Kier molecular flexibility index (Phi) is 5.85. The Balaban J connectivity index is 1.53. The number of amides is 1. The number of aromatic nitrogens is 1. The number of aromatic amines is 1. The minimum absolute atomic E-state index is 0.0590. The van der Waals surface area contributed by atoms with E-state index in [-0.39, 0.29) is 40.2 Å². The molecular formula is C25H21ClFN3O4S. The number of carbonyl (C=O) groups excluding carboxylic acids is 1. The minimum atomic E-state index is -4.21. The summed E-state index contributed by atoms with van der Waals surface area (Å²) in [6.45, 7) is 0.143. The van der Waals surface area contributed by atoms with Crippen molar-refractivity contribution in [2.75, 3.05) is 0 Å². The summed E-state index contributed by atoms with van der Waals surface area (Å²) in [6.07, 6.45) is 7.76. The van der Waals surface area contributed by atoms with Gasteiger partial charge >= 0.3 is 0 Å². The van der Waals surface area contributed by atoms with Gasteiger partial charge in [0.05, 0.1) is 15.8 Å². The number of sulfone groups is 1. The van der Waals surface area contributed by atoms with Gasteiger partial charge in [0.25, 0.3) is 5.91 Å². The largest absolute Gasteiger partial charge is 0.359 e. The summed E-state index contributed by atoms with van der Waals surface area (Å²) in [5.41, 5.74) is -0.321. The highest BCUT2D eigenvalue weighted by atomic mass is 35.5. The lowest BCUT2D eigenvalue weighted by atomic mass is 10.1. The molecule has 1 fully saturated rings. The summed E-state index contributed by atoms with van der Waals surface area (Å²) in [5, 5.41) is 2.96. The Morgan fingerprint density at radius 2 is 1.97 bits per heavy atom. The van der Waals surface area contributed by atoms with E-state index >= 15 is 0 Å². The van der Waals surface area contributed by atoms with Crippen LogP contribution in [0.2, 0.25) is 5.02 Å². The molecule has 0 saturated heterocycles. The van der Waals surface area contributed by atoms with Crippen molar-refractivity contribution in [3.05, 3.63) is 86.9 Å². The Bertz CT molecular complexity index is 1550. The van der Waals surface area contributed by atoms with Crippen LogP contribution in [0.4, 0.5) is 4.39 Å². The molecule has 2 heterocycles. The van der Waals surface area contributed by atoms with Crippen molar-refractivity contribution in [2.45, 2.75) is 35.6 Å². The second kappa shape index (κ2) is 8.73. The van der Waals surface area contributed by atoms with Crippen LogP contribution in [0.25, 0.3) is 10.9 Å². The van der Waals surface area contributed by atoms with E-state index in [0.717, 1.165) is 36.7 Å². The van der Waals surface area contributed by atoms with Gasteiger partial charge in [-0.1, -0.05) is 36.6 Å². The van der Waals surface area contributed by atoms with E-state index in [9.17, 15) is 22.4 Å². The molecule has 180 valence electrons. The standard InChI is InChI=1S/C25H21ClFN3O4S/c26-17-6-4-16(5-7-17)13-29-24(32)20-14-28-22-19(23(20)31)10-18(27)11-21(22)35(33,34)25(8-1-9-30-25)12-15-2-3-15/h1,4-11,14-15H,2-3,12-13H2,(H,28,31)(H,29,32). The first kappa shape index (κ1) is 23.4. The van der Waals surface area contributed by atoms with Crippen LogP contribution in [0.5, 0.6) is 0 Å². The average Bonchev–Trinajstić information content (AvgIpc) is 3.51. The molecule has 1 aliphatic carbocycles. The van der Waals surface area contributed by atoms with Gasteiger partial charge in [-0.25, -0.2) is 12.8 Å². The Labute approximate surface area is 205 Å². The summed E-state index contributed by atoms with van der Waals surface area (Å²) in [5.74, 6) is -1.35. The number of fused-ring (bicyclic) bond motifs is 1. The molecule has 2 N–H and O–H groups in total. The molecule has 10 heteroatoms. The van der Waals surface area contributed by atoms with Crippen molar-refractivity contribution < 1.29 is 17.6 Å². The van der Waals surface area contributed by atoms with Gasteiger partial charge in [-0.3, -0.25) is 14.6 Å². The summed E-state index contributed by atoms with van der Waals surface area (Å²) < 4.78 is 42.2. The SMILES string of the molecule is O=C(NCc1ccc(Cl)cc1)c1c[nH]c2c(S(=O)(=O)C3(CC4CC4)C=CC=N3)cc(F)cc2c1=O. The molecule has 0 spiro atoms. The van der Waals surface area contributed by atoms with Gasteiger partial charge in [-0.2, -0.15) is 0 Å². The molecule has 2 aliphatic rings. The first-order valence-corrected chi connectivity index (χ1v) is 12.9. The van der Waals surface area contributed by atoms with Crippen LogP contribution in [0, 0.1) is 11.7 Å². The smallest absolute Gasteiger partial charge is 0.257 e. The second-order valence-corrected chi connectivity index (χ2v) is 11.4. The third-order valence-electron chi connectivity index (χ3n) is 6.30. The molecule has 0 bridgehead atoms. The van der Waals surface area contributed by atoms with Gasteiger partial charge in [0.2, 0.25) is 15.3 Å². The van der Waals surface area contributed by atoms with Crippen LogP contribution < -0.4 is 10.7 Å². The van der Waals surface area contributed by atoms with E-state index in [1.807, 2.05) is 0 Å². The predicted octanol–water partition coefficient (Wildman–Crippen LogP) is 4.16. The molecule has 35 heavy (non-hydrogen) atoms. The Morgan fingerprint density at radius 1 is 1.23 bits per heavy atom. The summed E-state index contributed by atoms with van der Waals surface area (Å²) in [4.78, 5) is 31.0. The third kappa shape index (κ3) is 4.30. The topological polar surface area (TPSA) is 108 Å². The fraction of sp³-hybridized carbons (Fsp3) is 0.240. The maximum atomic E-state index is 14.6. The number of allylic oxidation sites excluding steroid dienone is 1. The van der Waals surface area contributed by atoms with Crippen LogP contribution in [-0.2, 0) is 16.4 Å². The number of hydrogen-bond acceptors (Lipinski definition) is 5. The van der Waals surface area contributed by atoms with Crippen molar-refractivity contribution in [1.82, 2.24) is 10.3 Å². The molecule has 5 rings (SSSR count). The number of H-pyrrole nitrogens is 1. The molecule has 1 unspecified atom stereocenters. The fourth-order valence-electron chi connectivity index (χ4n) is 4.25. The lowest BCUT2D eigenvalue weighted by Gasteiger charge is -2.25. The maximum Gasteiger partial charge on any atom is 0.257 e. The van der Waals surface area contributed by atoms with Gasteiger partial charge in [-0.05, 0) is 54.3 Å². The Hall–Kier alpha value is -3.30. The lowest BCUT2D eigenvalue weighted by Crippen LogP contribution is -2.35. The van der Waals surface area contributed by atoms with Crippen LogP contribution in [-0.4, -0.2) is 30.4 Å². The van der Waals surface area contributed by atoms with Crippen LogP contribution in [0.1, 0.15) is 35.2 Å². The third-order valence-corrected chi connectivity index (χ3v) is 8.79. The van der Waals surface area contributed by atoms with Gasteiger partial charge < -0.3 is 10.3 Å². The number of aliphatic imine (C=N–C) groups is 1. The molecule has 1 aromatic heterocycles. The molecule has 1 atom stereocenters. The summed E-state index contributed by atoms with van der Waals surface area (Å²) in [6, 6.07) is 8.65.